The third-order valence-corrected chi connectivity index (χ3v) is 3.15. The van der Waals surface area contributed by atoms with E-state index in [0.29, 0.717) is 26.1 Å². The van der Waals surface area contributed by atoms with Crippen LogP contribution < -0.4 is 0 Å². The summed E-state index contributed by atoms with van der Waals surface area (Å²) in [4.78, 5) is 24.0. The SMILES string of the molecule is COCCCN1CCC(C(=O)O)C(C(=O)O)C1. The molecular weight excluding hydrogens is 226 g/mol. The van der Waals surface area contributed by atoms with Crippen molar-refractivity contribution in [3.8, 4) is 0 Å². The Hall–Kier alpha value is -1.14. The van der Waals surface area contributed by atoms with Gasteiger partial charge in [-0.1, -0.05) is 0 Å². The van der Waals surface area contributed by atoms with Crippen LogP contribution in [0.15, 0.2) is 0 Å². The van der Waals surface area contributed by atoms with Crippen LogP contribution in [0.2, 0.25) is 0 Å². The fraction of sp³-hybridized carbons (Fsp3) is 0.818. The number of aliphatic carboxylic acids is 2. The number of carboxylic acid groups (broad SMARTS) is 2. The Morgan fingerprint density at radius 2 is 1.94 bits per heavy atom. The first-order chi connectivity index (χ1) is 8.06. The molecule has 6 heteroatoms. The summed E-state index contributed by atoms with van der Waals surface area (Å²) in [7, 11) is 1.62. The fourth-order valence-electron chi connectivity index (χ4n) is 2.20. The number of piperidine rings is 1. The molecule has 2 unspecified atom stereocenters. The highest BCUT2D eigenvalue weighted by atomic mass is 16.5. The Morgan fingerprint density at radius 3 is 2.47 bits per heavy atom. The molecule has 1 saturated heterocycles. The standard InChI is InChI=1S/C11H19NO5/c1-17-6-2-4-12-5-3-8(10(13)14)9(7-12)11(15)16/h8-9H,2-7H2,1H3,(H,13,14)(H,15,16). The molecule has 0 aliphatic carbocycles. The van der Waals surface area contributed by atoms with Gasteiger partial charge < -0.3 is 19.8 Å². The van der Waals surface area contributed by atoms with E-state index in [1.54, 1.807) is 7.11 Å². The van der Waals surface area contributed by atoms with E-state index in [-0.39, 0.29) is 0 Å². The summed E-state index contributed by atoms with van der Waals surface area (Å²) in [6.07, 6.45) is 1.24. The highest BCUT2D eigenvalue weighted by Gasteiger charge is 2.38. The van der Waals surface area contributed by atoms with Gasteiger partial charge in [0.25, 0.3) is 0 Å². The summed E-state index contributed by atoms with van der Waals surface area (Å²) >= 11 is 0. The van der Waals surface area contributed by atoms with Gasteiger partial charge in [-0.2, -0.15) is 0 Å². The highest BCUT2D eigenvalue weighted by Crippen LogP contribution is 2.24. The van der Waals surface area contributed by atoms with E-state index in [0.717, 1.165) is 13.0 Å². The molecule has 1 heterocycles. The smallest absolute Gasteiger partial charge is 0.308 e. The second-order valence-corrected chi connectivity index (χ2v) is 4.33. The van der Waals surface area contributed by atoms with Crippen molar-refractivity contribution >= 4 is 11.9 Å². The van der Waals surface area contributed by atoms with Gasteiger partial charge in [0.1, 0.15) is 0 Å². The van der Waals surface area contributed by atoms with Gasteiger partial charge in [-0.05, 0) is 19.4 Å². The van der Waals surface area contributed by atoms with Crippen LogP contribution in [-0.2, 0) is 14.3 Å². The number of likely N-dealkylation sites (tertiary alicyclic amines) is 1. The number of carboxylic acids is 2. The molecular formula is C11H19NO5. The van der Waals surface area contributed by atoms with E-state index in [1.807, 2.05) is 4.90 Å². The molecule has 1 rings (SSSR count). The van der Waals surface area contributed by atoms with E-state index in [4.69, 9.17) is 14.9 Å². The average Bonchev–Trinajstić information content (AvgIpc) is 2.29. The predicted molar refractivity (Wildman–Crippen MR) is 59.8 cm³/mol. The molecule has 0 radical (unpaired) electrons. The maximum atomic E-state index is 11.0. The molecule has 2 atom stereocenters. The van der Waals surface area contributed by atoms with Crippen LogP contribution in [0, 0.1) is 11.8 Å². The molecule has 0 aromatic carbocycles. The molecule has 17 heavy (non-hydrogen) atoms. The maximum absolute atomic E-state index is 11.0. The van der Waals surface area contributed by atoms with Crippen molar-refractivity contribution in [3.05, 3.63) is 0 Å². The lowest BCUT2D eigenvalue weighted by Crippen LogP contribution is -2.46. The molecule has 0 spiro atoms. The zero-order valence-corrected chi connectivity index (χ0v) is 9.96. The number of carbonyl (C=O) groups is 2. The number of ether oxygens (including phenoxy) is 1. The molecule has 2 N–H and O–H groups in total. The molecule has 1 aliphatic rings. The zero-order valence-electron chi connectivity index (χ0n) is 9.96. The van der Waals surface area contributed by atoms with Crippen LogP contribution in [-0.4, -0.2) is 60.4 Å². The Balaban J connectivity index is 2.50. The van der Waals surface area contributed by atoms with Gasteiger partial charge in [-0.25, -0.2) is 0 Å². The summed E-state index contributed by atoms with van der Waals surface area (Å²) in [5, 5.41) is 18.0. The Kier molecular flexibility index (Phi) is 5.37. The van der Waals surface area contributed by atoms with Crippen molar-refractivity contribution in [1.29, 1.82) is 0 Å². The van der Waals surface area contributed by atoms with Gasteiger partial charge in [0.2, 0.25) is 0 Å². The number of nitrogens with zero attached hydrogens (tertiary/aromatic N) is 1. The summed E-state index contributed by atoms with van der Waals surface area (Å²) in [6, 6.07) is 0. The third kappa shape index (κ3) is 3.98. The quantitative estimate of drug-likeness (QED) is 0.647. The van der Waals surface area contributed by atoms with Crippen LogP contribution in [0.1, 0.15) is 12.8 Å². The molecule has 0 aromatic heterocycles. The summed E-state index contributed by atoms with van der Waals surface area (Å²) in [5.41, 5.74) is 0. The third-order valence-electron chi connectivity index (χ3n) is 3.15. The van der Waals surface area contributed by atoms with Crippen LogP contribution in [0.25, 0.3) is 0 Å². The van der Waals surface area contributed by atoms with E-state index in [2.05, 4.69) is 0 Å². The van der Waals surface area contributed by atoms with Gasteiger partial charge in [0.15, 0.2) is 0 Å². The van der Waals surface area contributed by atoms with Crippen molar-refractivity contribution in [2.75, 3.05) is 33.4 Å². The van der Waals surface area contributed by atoms with Crippen LogP contribution >= 0.6 is 0 Å². The van der Waals surface area contributed by atoms with E-state index >= 15 is 0 Å². The van der Waals surface area contributed by atoms with Crippen molar-refractivity contribution in [2.24, 2.45) is 11.8 Å². The van der Waals surface area contributed by atoms with Gasteiger partial charge >= 0.3 is 11.9 Å². The lowest BCUT2D eigenvalue weighted by atomic mass is 9.85. The molecule has 98 valence electrons. The normalized spacial score (nSPS) is 25.7. The topological polar surface area (TPSA) is 87.1 Å². The Labute approximate surface area is 100 Å². The van der Waals surface area contributed by atoms with E-state index in [1.165, 1.54) is 0 Å². The first-order valence-corrected chi connectivity index (χ1v) is 5.73. The average molecular weight is 245 g/mol. The molecule has 0 saturated carbocycles. The molecule has 0 bridgehead atoms. The van der Waals surface area contributed by atoms with Gasteiger partial charge in [0, 0.05) is 26.8 Å². The summed E-state index contributed by atoms with van der Waals surface area (Å²) in [5.74, 6) is -3.59. The number of hydrogen-bond acceptors (Lipinski definition) is 4. The van der Waals surface area contributed by atoms with Gasteiger partial charge in [0.05, 0.1) is 11.8 Å². The lowest BCUT2D eigenvalue weighted by Gasteiger charge is -2.34. The number of methoxy groups -OCH3 is 1. The van der Waals surface area contributed by atoms with Crippen molar-refractivity contribution < 1.29 is 24.5 Å². The van der Waals surface area contributed by atoms with Crippen molar-refractivity contribution in [1.82, 2.24) is 4.90 Å². The predicted octanol–water partition coefficient (Wildman–Crippen LogP) is 0.130. The minimum Gasteiger partial charge on any atom is -0.481 e. The van der Waals surface area contributed by atoms with Crippen molar-refractivity contribution in [2.45, 2.75) is 12.8 Å². The first kappa shape index (κ1) is 13.9. The molecule has 6 nitrogen and oxygen atoms in total. The second kappa shape index (κ2) is 6.56. The number of hydrogen-bond donors (Lipinski definition) is 2. The largest absolute Gasteiger partial charge is 0.481 e. The van der Waals surface area contributed by atoms with Gasteiger partial charge in [-0.3, -0.25) is 9.59 Å². The first-order valence-electron chi connectivity index (χ1n) is 5.73. The zero-order chi connectivity index (χ0) is 12.8. The molecule has 1 fully saturated rings. The molecule has 0 aromatic rings. The van der Waals surface area contributed by atoms with E-state index < -0.39 is 23.8 Å². The molecule has 1 aliphatic heterocycles. The lowest BCUT2D eigenvalue weighted by molar-refractivity contribution is -0.157. The number of rotatable bonds is 6. The fourth-order valence-corrected chi connectivity index (χ4v) is 2.20. The van der Waals surface area contributed by atoms with Crippen LogP contribution in [0.5, 0.6) is 0 Å². The van der Waals surface area contributed by atoms with Crippen molar-refractivity contribution in [3.63, 3.8) is 0 Å². The minimum atomic E-state index is -1.02. The molecule has 0 amide bonds. The Morgan fingerprint density at radius 1 is 1.29 bits per heavy atom. The van der Waals surface area contributed by atoms with Gasteiger partial charge in [-0.15, -0.1) is 0 Å². The monoisotopic (exact) mass is 245 g/mol. The minimum absolute atomic E-state index is 0.315. The maximum Gasteiger partial charge on any atom is 0.308 e. The van der Waals surface area contributed by atoms with Crippen LogP contribution in [0.3, 0.4) is 0 Å². The summed E-state index contributed by atoms with van der Waals surface area (Å²) in [6.45, 7) is 2.35. The second-order valence-electron chi connectivity index (χ2n) is 4.33. The highest BCUT2D eigenvalue weighted by molar-refractivity contribution is 5.80. The van der Waals surface area contributed by atoms with E-state index in [9.17, 15) is 9.59 Å². The van der Waals surface area contributed by atoms with Crippen LogP contribution in [0.4, 0.5) is 0 Å². The summed E-state index contributed by atoms with van der Waals surface area (Å²) < 4.78 is 4.93. The Bertz CT molecular complexity index is 281.